The van der Waals surface area contributed by atoms with Crippen molar-refractivity contribution >= 4 is 29.6 Å². The van der Waals surface area contributed by atoms with Crippen molar-refractivity contribution in [1.82, 2.24) is 5.32 Å². The molecule has 0 saturated heterocycles. The Bertz CT molecular complexity index is 848. The first kappa shape index (κ1) is 21.3. The van der Waals surface area contributed by atoms with Crippen LogP contribution < -0.4 is 14.8 Å². The van der Waals surface area contributed by atoms with Crippen molar-refractivity contribution in [2.75, 3.05) is 20.8 Å². The Kier molecular flexibility index (Phi) is 7.89. The highest BCUT2D eigenvalue weighted by Gasteiger charge is 2.12. The first-order chi connectivity index (χ1) is 13.4. The fraction of sp³-hybridized carbons (Fsp3) is 0.238. The van der Waals surface area contributed by atoms with Gasteiger partial charge in [-0.25, -0.2) is 4.79 Å². The Morgan fingerprint density at radius 1 is 1.11 bits per heavy atom. The predicted octanol–water partition coefficient (Wildman–Crippen LogP) is 3.79. The molecular weight excluding hydrogens is 382 g/mol. The van der Waals surface area contributed by atoms with E-state index in [4.69, 9.17) is 25.8 Å². The molecule has 0 fully saturated rings. The van der Waals surface area contributed by atoms with Crippen LogP contribution in [0.2, 0.25) is 5.02 Å². The molecule has 1 atom stereocenters. The number of ether oxygens (including phenoxy) is 3. The zero-order valence-electron chi connectivity index (χ0n) is 15.9. The molecule has 2 aromatic rings. The molecule has 0 unspecified atom stereocenters. The lowest BCUT2D eigenvalue weighted by Gasteiger charge is -2.14. The molecule has 6 nitrogen and oxygen atoms in total. The van der Waals surface area contributed by atoms with Gasteiger partial charge in [-0.3, -0.25) is 4.79 Å². The SMILES string of the molecule is COc1cccc(/C=C/C(=O)OCC(=O)N[C@H](C)c2ccc(Cl)cc2)c1OC. The Balaban J connectivity index is 1.87. The lowest BCUT2D eigenvalue weighted by Crippen LogP contribution is -2.30. The van der Waals surface area contributed by atoms with Crippen molar-refractivity contribution in [3.8, 4) is 11.5 Å². The average molecular weight is 404 g/mol. The molecular formula is C21H22ClNO5. The van der Waals surface area contributed by atoms with Crippen LogP contribution in [0.5, 0.6) is 11.5 Å². The maximum atomic E-state index is 12.0. The van der Waals surface area contributed by atoms with Gasteiger partial charge in [0, 0.05) is 16.7 Å². The normalized spacial score (nSPS) is 11.7. The number of hydrogen-bond donors (Lipinski definition) is 1. The van der Waals surface area contributed by atoms with Gasteiger partial charge in [0.2, 0.25) is 0 Å². The Hall–Kier alpha value is -2.99. The maximum Gasteiger partial charge on any atom is 0.331 e. The van der Waals surface area contributed by atoms with Crippen LogP contribution in [0.1, 0.15) is 24.1 Å². The highest BCUT2D eigenvalue weighted by atomic mass is 35.5. The second-order valence-electron chi connectivity index (χ2n) is 5.86. The smallest absolute Gasteiger partial charge is 0.331 e. The molecule has 28 heavy (non-hydrogen) atoms. The van der Waals surface area contributed by atoms with Crippen LogP contribution in [0.3, 0.4) is 0 Å². The maximum absolute atomic E-state index is 12.0. The van der Waals surface area contributed by atoms with E-state index in [1.807, 2.05) is 19.1 Å². The van der Waals surface area contributed by atoms with E-state index in [-0.39, 0.29) is 12.6 Å². The first-order valence-corrected chi connectivity index (χ1v) is 8.93. The van der Waals surface area contributed by atoms with Crippen LogP contribution >= 0.6 is 11.6 Å². The van der Waals surface area contributed by atoms with E-state index in [9.17, 15) is 9.59 Å². The van der Waals surface area contributed by atoms with Crippen molar-refractivity contribution in [1.29, 1.82) is 0 Å². The third-order valence-electron chi connectivity index (χ3n) is 3.93. The molecule has 0 aromatic heterocycles. The summed E-state index contributed by atoms with van der Waals surface area (Å²) >= 11 is 5.85. The molecule has 2 rings (SSSR count). The van der Waals surface area contributed by atoms with Crippen molar-refractivity contribution in [3.63, 3.8) is 0 Å². The van der Waals surface area contributed by atoms with Crippen LogP contribution in [-0.2, 0) is 14.3 Å². The minimum absolute atomic E-state index is 0.236. The van der Waals surface area contributed by atoms with Gasteiger partial charge < -0.3 is 19.5 Å². The average Bonchev–Trinajstić information content (AvgIpc) is 2.70. The number of amides is 1. The summed E-state index contributed by atoms with van der Waals surface area (Å²) in [4.78, 5) is 23.9. The number of rotatable bonds is 8. The van der Waals surface area contributed by atoms with Crippen molar-refractivity contribution < 1.29 is 23.8 Å². The molecule has 1 amide bonds. The van der Waals surface area contributed by atoms with E-state index in [1.165, 1.54) is 26.4 Å². The van der Waals surface area contributed by atoms with Gasteiger partial charge in [-0.15, -0.1) is 0 Å². The molecule has 0 aliphatic rings. The van der Waals surface area contributed by atoms with Crippen LogP contribution in [0.25, 0.3) is 6.08 Å². The highest BCUT2D eigenvalue weighted by molar-refractivity contribution is 6.30. The fourth-order valence-corrected chi connectivity index (χ4v) is 2.63. The molecule has 2 aromatic carbocycles. The van der Waals surface area contributed by atoms with Crippen molar-refractivity contribution in [2.45, 2.75) is 13.0 Å². The number of methoxy groups -OCH3 is 2. The number of halogens is 1. The van der Waals surface area contributed by atoms with Crippen LogP contribution in [0.15, 0.2) is 48.5 Å². The zero-order valence-corrected chi connectivity index (χ0v) is 16.7. The second kappa shape index (κ2) is 10.4. The molecule has 0 aliphatic carbocycles. The fourth-order valence-electron chi connectivity index (χ4n) is 2.50. The van der Waals surface area contributed by atoms with Crippen LogP contribution in [-0.4, -0.2) is 32.7 Å². The van der Waals surface area contributed by atoms with E-state index in [0.717, 1.165) is 5.56 Å². The van der Waals surface area contributed by atoms with Crippen molar-refractivity contribution in [2.24, 2.45) is 0 Å². The summed E-state index contributed by atoms with van der Waals surface area (Å²) in [5, 5.41) is 3.38. The van der Waals surface area contributed by atoms with E-state index in [0.29, 0.717) is 22.1 Å². The minimum Gasteiger partial charge on any atom is -0.493 e. The molecule has 0 saturated carbocycles. The largest absolute Gasteiger partial charge is 0.493 e. The Morgan fingerprint density at radius 3 is 2.46 bits per heavy atom. The topological polar surface area (TPSA) is 73.9 Å². The van der Waals surface area contributed by atoms with E-state index < -0.39 is 11.9 Å². The zero-order chi connectivity index (χ0) is 20.5. The quantitative estimate of drug-likeness (QED) is 0.536. The Labute approximate surface area is 169 Å². The molecule has 0 radical (unpaired) electrons. The summed E-state index contributed by atoms with van der Waals surface area (Å²) in [6.45, 7) is 1.45. The first-order valence-electron chi connectivity index (χ1n) is 8.55. The molecule has 148 valence electrons. The third-order valence-corrected chi connectivity index (χ3v) is 4.18. The van der Waals surface area contributed by atoms with Crippen molar-refractivity contribution in [3.05, 3.63) is 64.7 Å². The van der Waals surface area contributed by atoms with Crippen LogP contribution in [0, 0.1) is 0 Å². The predicted molar refractivity (Wildman–Crippen MR) is 108 cm³/mol. The van der Waals surface area contributed by atoms with E-state index in [1.54, 1.807) is 30.3 Å². The van der Waals surface area contributed by atoms with Gasteiger partial charge in [0.05, 0.1) is 20.3 Å². The van der Waals surface area contributed by atoms with Crippen LogP contribution in [0.4, 0.5) is 0 Å². The molecule has 1 N–H and O–H groups in total. The molecule has 0 heterocycles. The van der Waals surface area contributed by atoms with Gasteiger partial charge in [0.25, 0.3) is 5.91 Å². The van der Waals surface area contributed by atoms with E-state index in [2.05, 4.69) is 5.32 Å². The summed E-state index contributed by atoms with van der Waals surface area (Å²) < 4.78 is 15.5. The number of carbonyl (C=O) groups excluding carboxylic acids is 2. The number of carbonyl (C=O) groups is 2. The molecule has 0 bridgehead atoms. The minimum atomic E-state index is -0.640. The Morgan fingerprint density at radius 2 is 1.82 bits per heavy atom. The number of benzene rings is 2. The van der Waals surface area contributed by atoms with Gasteiger partial charge >= 0.3 is 5.97 Å². The molecule has 0 aliphatic heterocycles. The number of nitrogens with one attached hydrogen (secondary N) is 1. The third kappa shape index (κ3) is 6.03. The van der Waals surface area contributed by atoms with Gasteiger partial charge in [-0.1, -0.05) is 35.9 Å². The van der Waals surface area contributed by atoms with E-state index >= 15 is 0 Å². The van der Waals surface area contributed by atoms with Gasteiger partial charge in [0.15, 0.2) is 18.1 Å². The molecule has 7 heteroatoms. The lowest BCUT2D eigenvalue weighted by molar-refractivity contribution is -0.144. The number of hydrogen-bond acceptors (Lipinski definition) is 5. The number of para-hydroxylation sites is 1. The van der Waals surface area contributed by atoms with Gasteiger partial charge in [0.1, 0.15) is 0 Å². The standard InChI is InChI=1S/C21H22ClNO5/c1-14(15-7-10-17(22)11-8-15)23-19(24)13-28-20(25)12-9-16-5-4-6-18(26-2)21(16)27-3/h4-12,14H,13H2,1-3H3,(H,23,24)/b12-9+/t14-/m1/s1. The lowest BCUT2D eigenvalue weighted by atomic mass is 10.1. The summed E-state index contributed by atoms with van der Waals surface area (Å²) in [7, 11) is 3.04. The number of esters is 1. The van der Waals surface area contributed by atoms with Gasteiger partial charge in [-0.2, -0.15) is 0 Å². The highest BCUT2D eigenvalue weighted by Crippen LogP contribution is 2.31. The van der Waals surface area contributed by atoms with Gasteiger partial charge in [-0.05, 0) is 36.8 Å². The summed E-state index contributed by atoms with van der Waals surface area (Å²) in [6.07, 6.45) is 2.77. The summed E-state index contributed by atoms with van der Waals surface area (Å²) in [6, 6.07) is 12.2. The second-order valence-corrected chi connectivity index (χ2v) is 6.30. The monoisotopic (exact) mass is 403 g/mol. The summed E-state index contributed by atoms with van der Waals surface area (Å²) in [5.41, 5.74) is 1.55. The summed E-state index contributed by atoms with van der Waals surface area (Å²) in [5.74, 6) is 0.0134. The molecule has 0 spiro atoms.